The number of quaternary nitrogens is 1. The lowest BCUT2D eigenvalue weighted by atomic mass is 10.1. The molecule has 0 rings (SSSR count). The first-order chi connectivity index (χ1) is 32.6. The number of carboxylic acids is 1. The number of likely N-dealkylation sites (N-methyl/N-ethyl adjacent to an activating group) is 1. The molecule has 0 amide bonds. The van der Waals surface area contributed by atoms with E-state index in [-0.39, 0.29) is 38.6 Å². The van der Waals surface area contributed by atoms with Crippen LogP contribution in [0.25, 0.3) is 0 Å². The SMILES string of the molecule is CC/C=C\C/C=C\C/C=C\C/C=C\CCCCCCCCCCC(=O)OCC(COC(OCC[N+](C)(C)C)C(=O)O)OC(=O)CCCCCCCCCC/C=C\C/C=C\C/C=C\C/C=C\CC. The second kappa shape index (κ2) is 48.7. The number of nitrogens with zero attached hydrogens (tertiary/aromatic N) is 1. The summed E-state index contributed by atoms with van der Waals surface area (Å²) in [6, 6.07) is 0. The first kappa shape index (κ1) is 63.2. The zero-order valence-electron chi connectivity index (χ0n) is 43.3. The van der Waals surface area contributed by atoms with Crippen molar-refractivity contribution in [1.29, 1.82) is 0 Å². The number of ether oxygens (including phenoxy) is 4. The number of rotatable bonds is 47. The van der Waals surface area contributed by atoms with Crippen LogP contribution in [0.4, 0.5) is 0 Å². The highest BCUT2D eigenvalue weighted by atomic mass is 16.7. The summed E-state index contributed by atoms with van der Waals surface area (Å²) >= 11 is 0. The number of carbonyl (C=O) groups excluding carboxylic acids is 2. The zero-order chi connectivity index (χ0) is 49.2. The summed E-state index contributed by atoms with van der Waals surface area (Å²) in [6.07, 6.45) is 61.8. The molecule has 0 aromatic carbocycles. The fourth-order valence-electron chi connectivity index (χ4n) is 6.82. The number of unbranched alkanes of at least 4 members (excludes halogenated alkanes) is 16. The van der Waals surface area contributed by atoms with Gasteiger partial charge < -0.3 is 28.5 Å². The molecule has 1 N–H and O–H groups in total. The fourth-order valence-corrected chi connectivity index (χ4v) is 6.82. The van der Waals surface area contributed by atoms with Gasteiger partial charge in [0.2, 0.25) is 0 Å². The molecule has 0 fully saturated rings. The quantitative estimate of drug-likeness (QED) is 0.0211. The van der Waals surface area contributed by atoms with Crippen LogP contribution in [0, 0.1) is 0 Å². The molecule has 0 aliphatic carbocycles. The van der Waals surface area contributed by atoms with E-state index in [0.717, 1.165) is 109 Å². The van der Waals surface area contributed by atoms with E-state index in [2.05, 4.69) is 111 Å². The van der Waals surface area contributed by atoms with Crippen LogP contribution in [0.2, 0.25) is 0 Å². The van der Waals surface area contributed by atoms with Gasteiger partial charge in [0, 0.05) is 12.8 Å². The van der Waals surface area contributed by atoms with E-state index < -0.39 is 24.3 Å². The largest absolute Gasteiger partial charge is 0.477 e. The molecule has 9 nitrogen and oxygen atoms in total. The summed E-state index contributed by atoms with van der Waals surface area (Å²) in [5.41, 5.74) is 0. The maximum absolute atomic E-state index is 12.8. The van der Waals surface area contributed by atoms with E-state index in [4.69, 9.17) is 18.9 Å². The number of carboxylic acid groups (broad SMARTS) is 1. The number of hydrogen-bond acceptors (Lipinski definition) is 7. The van der Waals surface area contributed by atoms with Crippen molar-refractivity contribution in [1.82, 2.24) is 0 Å². The maximum Gasteiger partial charge on any atom is 0.361 e. The molecule has 2 atom stereocenters. The second-order valence-electron chi connectivity index (χ2n) is 18.4. The molecular weight excluding hydrogens is 839 g/mol. The van der Waals surface area contributed by atoms with Crippen molar-refractivity contribution in [2.75, 3.05) is 47.5 Å². The standard InChI is InChI=1S/C58H97NO8/c1-6-8-10-12-14-16-18-20-22-24-26-28-30-32-34-36-38-40-42-44-46-48-55(60)65-52-54(53-66-58(57(62)63)64-51-50-59(3,4)5)67-56(61)49-47-45-43-41-39-37-35-33-31-29-27-25-23-21-19-17-15-13-11-9-7-2/h8-11,14-17,20-23,26-29,54,58H,6-7,12-13,18-19,24-25,30-53H2,1-5H3/p+1/b10-8-,11-9-,16-14-,17-15-,22-20-,23-21-,28-26-,29-27-. The Kier molecular flexibility index (Phi) is 45.9. The van der Waals surface area contributed by atoms with Gasteiger partial charge in [0.15, 0.2) is 6.10 Å². The van der Waals surface area contributed by atoms with Crippen molar-refractivity contribution < 1.29 is 42.9 Å². The molecule has 0 aliphatic rings. The topological polar surface area (TPSA) is 108 Å². The number of esters is 2. The third-order valence-electron chi connectivity index (χ3n) is 10.8. The number of allylic oxidation sites excluding steroid dienone is 16. The van der Waals surface area contributed by atoms with Gasteiger partial charge in [-0.25, -0.2) is 4.79 Å². The van der Waals surface area contributed by atoms with Crippen LogP contribution in [0.15, 0.2) is 97.2 Å². The lowest BCUT2D eigenvalue weighted by Gasteiger charge is -2.25. The summed E-state index contributed by atoms with van der Waals surface area (Å²) in [5.74, 6) is -2.04. The minimum absolute atomic E-state index is 0.179. The monoisotopic (exact) mass is 937 g/mol. The van der Waals surface area contributed by atoms with Gasteiger partial charge in [-0.1, -0.05) is 188 Å². The fraction of sp³-hybridized carbons (Fsp3) is 0.672. The van der Waals surface area contributed by atoms with Crippen LogP contribution in [0.3, 0.4) is 0 Å². The van der Waals surface area contributed by atoms with E-state index in [1.54, 1.807) is 0 Å². The molecule has 67 heavy (non-hydrogen) atoms. The molecule has 0 saturated carbocycles. The lowest BCUT2D eigenvalue weighted by molar-refractivity contribution is -0.870. The average molecular weight is 937 g/mol. The summed E-state index contributed by atoms with van der Waals surface area (Å²) < 4.78 is 22.8. The zero-order valence-corrected chi connectivity index (χ0v) is 43.3. The average Bonchev–Trinajstić information content (AvgIpc) is 3.29. The van der Waals surface area contributed by atoms with Crippen molar-refractivity contribution >= 4 is 17.9 Å². The van der Waals surface area contributed by atoms with Crippen LogP contribution < -0.4 is 0 Å². The molecule has 2 unspecified atom stereocenters. The molecule has 0 aliphatic heterocycles. The third kappa shape index (κ3) is 49.9. The van der Waals surface area contributed by atoms with E-state index in [0.29, 0.717) is 17.4 Å². The minimum Gasteiger partial charge on any atom is -0.477 e. The highest BCUT2D eigenvalue weighted by molar-refractivity contribution is 5.71. The molecule has 0 aromatic heterocycles. The van der Waals surface area contributed by atoms with Crippen molar-refractivity contribution in [3.8, 4) is 0 Å². The Morgan fingerprint density at radius 3 is 1.19 bits per heavy atom. The van der Waals surface area contributed by atoms with Gasteiger partial charge in [-0.3, -0.25) is 9.59 Å². The van der Waals surface area contributed by atoms with Gasteiger partial charge in [0.25, 0.3) is 6.29 Å². The van der Waals surface area contributed by atoms with Crippen LogP contribution in [0.1, 0.15) is 194 Å². The highest BCUT2D eigenvalue weighted by Gasteiger charge is 2.25. The number of aliphatic carboxylic acids is 1. The Morgan fingerprint density at radius 2 is 0.806 bits per heavy atom. The predicted molar refractivity (Wildman–Crippen MR) is 281 cm³/mol. The first-order valence-corrected chi connectivity index (χ1v) is 26.4. The van der Waals surface area contributed by atoms with Crippen LogP contribution in [-0.2, 0) is 33.3 Å². The Balaban J connectivity index is 4.37. The Morgan fingerprint density at radius 1 is 0.448 bits per heavy atom. The Labute approximate surface area is 410 Å². The molecule has 0 spiro atoms. The molecule has 9 heteroatoms. The maximum atomic E-state index is 12.8. The number of carbonyl (C=O) groups is 3. The first-order valence-electron chi connectivity index (χ1n) is 26.4. The van der Waals surface area contributed by atoms with Crippen LogP contribution >= 0.6 is 0 Å². The lowest BCUT2D eigenvalue weighted by Crippen LogP contribution is -2.40. The van der Waals surface area contributed by atoms with E-state index >= 15 is 0 Å². The van der Waals surface area contributed by atoms with Crippen LogP contribution in [0.5, 0.6) is 0 Å². The van der Waals surface area contributed by atoms with Gasteiger partial charge in [-0.2, -0.15) is 0 Å². The summed E-state index contributed by atoms with van der Waals surface area (Å²) in [7, 11) is 5.95. The molecule has 0 saturated heterocycles. The Bertz CT molecular complexity index is 1420. The smallest absolute Gasteiger partial charge is 0.361 e. The normalized spacial score (nSPS) is 13.6. The summed E-state index contributed by atoms with van der Waals surface area (Å²) in [6.45, 7) is 4.62. The molecule has 0 aromatic rings. The van der Waals surface area contributed by atoms with Gasteiger partial charge in [0.1, 0.15) is 13.2 Å². The summed E-state index contributed by atoms with van der Waals surface area (Å²) in [5, 5.41) is 9.68. The molecule has 0 bridgehead atoms. The van der Waals surface area contributed by atoms with Crippen molar-refractivity contribution in [3.63, 3.8) is 0 Å². The molecular formula is C58H98NO8+. The third-order valence-corrected chi connectivity index (χ3v) is 10.8. The van der Waals surface area contributed by atoms with Gasteiger partial charge in [-0.15, -0.1) is 0 Å². The van der Waals surface area contributed by atoms with E-state index in [1.807, 2.05) is 21.1 Å². The van der Waals surface area contributed by atoms with E-state index in [1.165, 1.54) is 51.4 Å². The minimum atomic E-state index is -1.52. The van der Waals surface area contributed by atoms with Crippen molar-refractivity contribution in [2.45, 2.75) is 206 Å². The van der Waals surface area contributed by atoms with Crippen molar-refractivity contribution in [2.24, 2.45) is 0 Å². The predicted octanol–water partition coefficient (Wildman–Crippen LogP) is 15.0. The summed E-state index contributed by atoms with van der Waals surface area (Å²) in [4.78, 5) is 37.3. The van der Waals surface area contributed by atoms with Crippen LogP contribution in [-0.4, -0.2) is 87.4 Å². The molecule has 0 heterocycles. The second-order valence-corrected chi connectivity index (χ2v) is 18.4. The highest BCUT2D eigenvalue weighted by Crippen LogP contribution is 2.14. The van der Waals surface area contributed by atoms with Crippen molar-refractivity contribution in [3.05, 3.63) is 97.2 Å². The van der Waals surface area contributed by atoms with E-state index in [9.17, 15) is 19.5 Å². The van der Waals surface area contributed by atoms with Gasteiger partial charge in [0.05, 0.1) is 34.4 Å². The van der Waals surface area contributed by atoms with Gasteiger partial charge >= 0.3 is 17.9 Å². The Hall–Kier alpha value is -3.79. The molecule has 382 valence electrons. The van der Waals surface area contributed by atoms with Gasteiger partial charge in [-0.05, 0) is 89.9 Å². The number of hydrogen-bond donors (Lipinski definition) is 1. The molecule has 0 radical (unpaired) electrons.